The molecule has 0 bridgehead atoms. The Morgan fingerprint density at radius 2 is 1.95 bits per heavy atom. The van der Waals surface area contributed by atoms with Gasteiger partial charge in [-0.3, -0.25) is 10.1 Å². The summed E-state index contributed by atoms with van der Waals surface area (Å²) in [4.78, 5) is 24.0. The SMILES string of the molecule is O=C(O)n1c(Cl)nc2c([N+](=O)[O-])c(C(F)F)c(C(F)F)cc21. The van der Waals surface area contributed by atoms with Crippen LogP contribution in [0.15, 0.2) is 6.07 Å². The number of nitro groups is 1. The Bertz CT molecular complexity index is 792. The van der Waals surface area contributed by atoms with Crippen LogP contribution in [0.1, 0.15) is 24.0 Å². The average Bonchev–Trinajstić information content (AvgIpc) is 2.71. The van der Waals surface area contributed by atoms with Gasteiger partial charge >= 0.3 is 11.8 Å². The first kappa shape index (κ1) is 15.9. The molecule has 0 spiro atoms. The highest BCUT2D eigenvalue weighted by molar-refractivity contribution is 6.30. The summed E-state index contributed by atoms with van der Waals surface area (Å²) >= 11 is 5.48. The van der Waals surface area contributed by atoms with Gasteiger partial charge in [-0.2, -0.15) is 0 Å². The average molecular weight is 342 g/mol. The van der Waals surface area contributed by atoms with Gasteiger partial charge < -0.3 is 5.11 Å². The van der Waals surface area contributed by atoms with E-state index in [2.05, 4.69) is 4.98 Å². The number of alkyl halides is 4. The van der Waals surface area contributed by atoms with Gasteiger partial charge in [0.05, 0.1) is 10.4 Å². The zero-order chi connectivity index (χ0) is 16.8. The van der Waals surface area contributed by atoms with E-state index in [0.29, 0.717) is 6.07 Å². The van der Waals surface area contributed by atoms with E-state index in [9.17, 15) is 32.5 Å². The second kappa shape index (κ2) is 5.40. The van der Waals surface area contributed by atoms with Crippen molar-refractivity contribution in [3.05, 3.63) is 32.6 Å². The molecule has 0 unspecified atom stereocenters. The fraction of sp³-hybridized carbons (Fsp3) is 0.200. The lowest BCUT2D eigenvalue weighted by Crippen LogP contribution is -2.09. The summed E-state index contributed by atoms with van der Waals surface area (Å²) in [5.74, 6) is 0. The van der Waals surface area contributed by atoms with Crippen molar-refractivity contribution in [1.29, 1.82) is 0 Å². The summed E-state index contributed by atoms with van der Waals surface area (Å²) in [7, 11) is 0. The predicted octanol–water partition coefficient (Wildman–Crippen LogP) is 4.00. The van der Waals surface area contributed by atoms with Crippen LogP contribution in [0.5, 0.6) is 0 Å². The molecule has 2 aromatic rings. The maximum absolute atomic E-state index is 13.0. The van der Waals surface area contributed by atoms with Crippen molar-refractivity contribution in [1.82, 2.24) is 9.55 Å². The minimum atomic E-state index is -3.58. The largest absolute Gasteiger partial charge is 0.464 e. The molecule has 1 aromatic carbocycles. The van der Waals surface area contributed by atoms with Crippen LogP contribution >= 0.6 is 11.6 Å². The standard InChI is InChI=1S/C10H4ClF4N3O4/c11-9-16-5-3(17(9)10(19)20)1-2(7(12)13)4(8(14)15)6(5)18(21)22/h1,7-8H,(H,19,20). The highest BCUT2D eigenvalue weighted by Gasteiger charge is 2.35. The number of aromatic nitrogens is 2. The fourth-order valence-corrected chi connectivity index (χ4v) is 2.23. The number of benzene rings is 1. The zero-order valence-corrected chi connectivity index (χ0v) is 10.9. The Kier molecular flexibility index (Phi) is 3.92. The van der Waals surface area contributed by atoms with Crippen molar-refractivity contribution in [3.8, 4) is 0 Å². The lowest BCUT2D eigenvalue weighted by atomic mass is 10.0. The Morgan fingerprint density at radius 1 is 1.36 bits per heavy atom. The molecule has 7 nitrogen and oxygen atoms in total. The summed E-state index contributed by atoms with van der Waals surface area (Å²) in [6, 6.07) is 0.404. The van der Waals surface area contributed by atoms with Crippen molar-refractivity contribution in [2.45, 2.75) is 12.9 Å². The van der Waals surface area contributed by atoms with Gasteiger partial charge in [0.2, 0.25) is 5.28 Å². The molecule has 0 fully saturated rings. The third-order valence-electron chi connectivity index (χ3n) is 2.78. The molecule has 118 valence electrons. The van der Waals surface area contributed by atoms with Gasteiger partial charge in [0, 0.05) is 5.56 Å². The van der Waals surface area contributed by atoms with Crippen LogP contribution < -0.4 is 0 Å². The first-order chi connectivity index (χ1) is 10.2. The van der Waals surface area contributed by atoms with Gasteiger partial charge in [0.1, 0.15) is 5.56 Å². The summed E-state index contributed by atoms with van der Waals surface area (Å²) in [6.07, 6.45) is -8.82. The zero-order valence-electron chi connectivity index (χ0n) is 10.1. The number of fused-ring (bicyclic) bond motifs is 1. The Labute approximate surface area is 122 Å². The van der Waals surface area contributed by atoms with Crippen LogP contribution in [0.4, 0.5) is 28.0 Å². The molecule has 12 heteroatoms. The number of rotatable bonds is 3. The Hall–Kier alpha value is -2.43. The van der Waals surface area contributed by atoms with Crippen molar-refractivity contribution in [2.24, 2.45) is 0 Å². The molecular formula is C10H4ClF4N3O4. The number of nitro benzene ring substituents is 1. The minimum absolute atomic E-state index is 0.186. The van der Waals surface area contributed by atoms with Crippen molar-refractivity contribution >= 4 is 34.4 Å². The van der Waals surface area contributed by atoms with E-state index < -0.39 is 57.0 Å². The molecule has 0 aliphatic heterocycles. The number of carbonyl (C=O) groups is 1. The molecule has 1 N–H and O–H groups in total. The van der Waals surface area contributed by atoms with Crippen LogP contribution in [0.2, 0.25) is 5.28 Å². The van der Waals surface area contributed by atoms with E-state index in [1.54, 1.807) is 0 Å². The Morgan fingerprint density at radius 3 is 2.36 bits per heavy atom. The topological polar surface area (TPSA) is 98.3 Å². The van der Waals surface area contributed by atoms with Gasteiger partial charge in [-0.15, -0.1) is 0 Å². The summed E-state index contributed by atoms with van der Waals surface area (Å²) in [6.45, 7) is 0. The normalized spacial score (nSPS) is 11.6. The van der Waals surface area contributed by atoms with E-state index in [-0.39, 0.29) is 4.57 Å². The molecule has 1 aromatic heterocycles. The molecule has 0 atom stereocenters. The first-order valence-electron chi connectivity index (χ1n) is 5.35. The van der Waals surface area contributed by atoms with Gasteiger partial charge in [-0.25, -0.2) is 31.9 Å². The number of imidazole rings is 1. The molecular weight excluding hydrogens is 338 g/mol. The lowest BCUT2D eigenvalue weighted by molar-refractivity contribution is -0.384. The summed E-state index contributed by atoms with van der Waals surface area (Å²) in [5.41, 5.74) is -5.75. The number of hydrogen-bond donors (Lipinski definition) is 1. The second-order valence-electron chi connectivity index (χ2n) is 3.95. The van der Waals surface area contributed by atoms with E-state index in [1.165, 1.54) is 0 Å². The van der Waals surface area contributed by atoms with Crippen LogP contribution in [-0.4, -0.2) is 25.7 Å². The molecule has 0 saturated carbocycles. The fourth-order valence-electron chi connectivity index (χ4n) is 1.98. The number of nitrogens with zero attached hydrogens (tertiary/aromatic N) is 3. The first-order valence-corrected chi connectivity index (χ1v) is 5.73. The highest BCUT2D eigenvalue weighted by Crippen LogP contribution is 2.42. The van der Waals surface area contributed by atoms with Crippen LogP contribution in [0.25, 0.3) is 11.0 Å². The highest BCUT2D eigenvalue weighted by atomic mass is 35.5. The molecule has 0 aliphatic carbocycles. The van der Waals surface area contributed by atoms with E-state index >= 15 is 0 Å². The molecule has 1 heterocycles. The van der Waals surface area contributed by atoms with Crippen LogP contribution in [0, 0.1) is 10.1 Å². The quantitative estimate of drug-likeness (QED) is 0.517. The van der Waals surface area contributed by atoms with E-state index in [0.717, 1.165) is 0 Å². The molecule has 2 rings (SSSR count). The molecule has 22 heavy (non-hydrogen) atoms. The van der Waals surface area contributed by atoms with Crippen molar-refractivity contribution in [3.63, 3.8) is 0 Å². The summed E-state index contributed by atoms with van der Waals surface area (Å²) < 4.78 is 52.0. The molecule has 0 saturated heterocycles. The lowest BCUT2D eigenvalue weighted by Gasteiger charge is -2.09. The maximum atomic E-state index is 13.0. The van der Waals surface area contributed by atoms with Gasteiger partial charge in [0.25, 0.3) is 12.9 Å². The summed E-state index contributed by atoms with van der Waals surface area (Å²) in [5, 5.41) is 19.1. The third-order valence-corrected chi connectivity index (χ3v) is 3.04. The van der Waals surface area contributed by atoms with Crippen LogP contribution in [-0.2, 0) is 0 Å². The van der Waals surface area contributed by atoms with Crippen LogP contribution in [0.3, 0.4) is 0 Å². The molecule has 0 amide bonds. The minimum Gasteiger partial charge on any atom is -0.464 e. The van der Waals surface area contributed by atoms with Gasteiger partial charge in [0.15, 0.2) is 5.52 Å². The van der Waals surface area contributed by atoms with E-state index in [4.69, 9.17) is 16.7 Å². The van der Waals surface area contributed by atoms with Crippen molar-refractivity contribution in [2.75, 3.05) is 0 Å². The van der Waals surface area contributed by atoms with Gasteiger partial charge in [-0.1, -0.05) is 0 Å². The number of carboxylic acid groups (broad SMARTS) is 1. The second-order valence-corrected chi connectivity index (χ2v) is 4.29. The molecule has 0 radical (unpaired) electrons. The van der Waals surface area contributed by atoms with E-state index in [1.807, 2.05) is 0 Å². The number of halogens is 5. The molecule has 0 aliphatic rings. The van der Waals surface area contributed by atoms with Gasteiger partial charge in [-0.05, 0) is 17.7 Å². The predicted molar refractivity (Wildman–Crippen MR) is 64.7 cm³/mol. The number of hydrogen-bond acceptors (Lipinski definition) is 4. The monoisotopic (exact) mass is 341 g/mol. The Balaban J connectivity index is 3.07. The smallest absolute Gasteiger partial charge is 0.418 e. The van der Waals surface area contributed by atoms with Crippen molar-refractivity contribution < 1.29 is 32.4 Å². The maximum Gasteiger partial charge on any atom is 0.418 e. The third kappa shape index (κ3) is 2.32.